The van der Waals surface area contributed by atoms with E-state index in [1.807, 2.05) is 6.92 Å². The molecule has 6 nitrogen and oxygen atoms in total. The van der Waals surface area contributed by atoms with Crippen molar-refractivity contribution in [2.45, 2.75) is 32.1 Å². The Bertz CT molecular complexity index is 980. The molecular formula is C20H20FN5O. The molecule has 5 rings (SSSR count). The molecule has 2 aromatic heterocycles. The fourth-order valence-corrected chi connectivity index (χ4v) is 4.24. The molecule has 1 aliphatic carbocycles. The summed E-state index contributed by atoms with van der Waals surface area (Å²) in [7, 11) is 0. The zero-order chi connectivity index (χ0) is 18.4. The van der Waals surface area contributed by atoms with Crippen LogP contribution >= 0.6 is 0 Å². The molecule has 0 radical (unpaired) electrons. The lowest BCUT2D eigenvalue weighted by Gasteiger charge is -2.33. The zero-order valence-corrected chi connectivity index (χ0v) is 15.1. The predicted molar refractivity (Wildman–Crippen MR) is 97.7 cm³/mol. The Labute approximate surface area is 156 Å². The SMILES string of the molecule is Cc1nccnc1N1CCC2(CC1)CC2c1nnc(-c2cccc(F)c2)o1. The summed E-state index contributed by atoms with van der Waals surface area (Å²) in [5.41, 5.74) is 1.84. The van der Waals surface area contributed by atoms with Crippen molar-refractivity contribution in [3.8, 4) is 11.5 Å². The summed E-state index contributed by atoms with van der Waals surface area (Å²) in [5, 5.41) is 8.38. The molecular weight excluding hydrogens is 345 g/mol. The number of rotatable bonds is 3. The molecule has 1 spiro atoms. The average molecular weight is 365 g/mol. The van der Waals surface area contributed by atoms with Crippen molar-refractivity contribution >= 4 is 5.82 Å². The number of anilines is 1. The van der Waals surface area contributed by atoms with Crippen molar-refractivity contribution in [2.75, 3.05) is 18.0 Å². The summed E-state index contributed by atoms with van der Waals surface area (Å²) < 4.78 is 19.3. The van der Waals surface area contributed by atoms with Crippen LogP contribution in [0, 0.1) is 18.2 Å². The molecule has 1 saturated heterocycles. The summed E-state index contributed by atoms with van der Waals surface area (Å²) in [6.45, 7) is 3.92. The summed E-state index contributed by atoms with van der Waals surface area (Å²) in [5.74, 6) is 2.05. The third kappa shape index (κ3) is 2.87. The second kappa shape index (κ2) is 6.11. The van der Waals surface area contributed by atoms with Crippen LogP contribution in [0.4, 0.5) is 10.2 Å². The minimum atomic E-state index is -0.304. The number of aromatic nitrogens is 4. The second-order valence-electron chi connectivity index (χ2n) is 7.53. The summed E-state index contributed by atoms with van der Waals surface area (Å²) in [6, 6.07) is 6.26. The molecule has 0 N–H and O–H groups in total. The molecule has 1 unspecified atom stereocenters. The van der Waals surface area contributed by atoms with Crippen LogP contribution in [0.3, 0.4) is 0 Å². The van der Waals surface area contributed by atoms with E-state index in [0.29, 0.717) is 23.3 Å². The van der Waals surface area contributed by atoms with Crippen LogP contribution in [0.1, 0.15) is 36.8 Å². The van der Waals surface area contributed by atoms with E-state index in [-0.39, 0.29) is 11.2 Å². The second-order valence-corrected chi connectivity index (χ2v) is 7.53. The number of hydrogen-bond acceptors (Lipinski definition) is 6. The van der Waals surface area contributed by atoms with Gasteiger partial charge in [0.25, 0.3) is 0 Å². The third-order valence-electron chi connectivity index (χ3n) is 5.91. The number of halogens is 1. The number of nitrogens with zero attached hydrogens (tertiary/aromatic N) is 5. The fourth-order valence-electron chi connectivity index (χ4n) is 4.24. The summed E-state index contributed by atoms with van der Waals surface area (Å²) in [6.07, 6.45) is 6.70. The van der Waals surface area contributed by atoms with Crippen LogP contribution < -0.4 is 4.90 Å². The van der Waals surface area contributed by atoms with Crippen LogP contribution in [0.25, 0.3) is 11.5 Å². The van der Waals surface area contributed by atoms with Crippen LogP contribution in [0.2, 0.25) is 0 Å². The normalized spacial score (nSPS) is 20.8. The molecule has 1 atom stereocenters. The van der Waals surface area contributed by atoms with Gasteiger partial charge in [0.05, 0.1) is 5.69 Å². The molecule has 2 fully saturated rings. The monoisotopic (exact) mass is 365 g/mol. The van der Waals surface area contributed by atoms with Crippen LogP contribution in [0.5, 0.6) is 0 Å². The number of hydrogen-bond donors (Lipinski definition) is 0. The molecule has 3 aromatic rings. The van der Waals surface area contributed by atoms with Gasteiger partial charge in [0.1, 0.15) is 11.6 Å². The van der Waals surface area contributed by atoms with Gasteiger partial charge in [-0.1, -0.05) is 6.07 Å². The van der Waals surface area contributed by atoms with Gasteiger partial charge in [-0.25, -0.2) is 9.37 Å². The highest BCUT2D eigenvalue weighted by molar-refractivity contribution is 5.52. The molecule has 1 saturated carbocycles. The molecule has 138 valence electrons. The standard InChI is InChI=1S/C20H20FN5O/c1-13-17(23-8-7-22-13)26-9-5-20(6-10-26)12-16(20)19-25-24-18(27-19)14-3-2-4-15(21)11-14/h2-4,7-8,11,16H,5-6,9-10,12H2,1H3. The van der Waals surface area contributed by atoms with E-state index in [9.17, 15) is 4.39 Å². The van der Waals surface area contributed by atoms with Gasteiger partial charge >= 0.3 is 0 Å². The van der Waals surface area contributed by atoms with E-state index in [1.54, 1.807) is 24.5 Å². The smallest absolute Gasteiger partial charge is 0.247 e. The van der Waals surface area contributed by atoms with Crippen molar-refractivity contribution in [1.82, 2.24) is 20.2 Å². The van der Waals surface area contributed by atoms with Crippen LogP contribution in [0.15, 0.2) is 41.1 Å². The maximum atomic E-state index is 13.4. The van der Waals surface area contributed by atoms with Gasteiger partial charge in [-0.05, 0) is 49.8 Å². The average Bonchev–Trinajstić information content (AvgIpc) is 3.14. The largest absolute Gasteiger partial charge is 0.420 e. The molecule has 3 heterocycles. The highest BCUT2D eigenvalue weighted by atomic mass is 19.1. The lowest BCUT2D eigenvalue weighted by molar-refractivity contribution is 0.352. The Morgan fingerprint density at radius 2 is 1.96 bits per heavy atom. The highest BCUT2D eigenvalue weighted by Gasteiger charge is 2.58. The van der Waals surface area contributed by atoms with Crippen molar-refractivity contribution in [2.24, 2.45) is 5.41 Å². The topological polar surface area (TPSA) is 67.9 Å². The lowest BCUT2D eigenvalue weighted by Crippen LogP contribution is -2.36. The maximum Gasteiger partial charge on any atom is 0.247 e. The van der Waals surface area contributed by atoms with Crippen LogP contribution in [-0.2, 0) is 0 Å². The Morgan fingerprint density at radius 1 is 1.15 bits per heavy atom. The molecule has 27 heavy (non-hydrogen) atoms. The van der Waals surface area contributed by atoms with Gasteiger partial charge in [-0.2, -0.15) is 0 Å². The van der Waals surface area contributed by atoms with Gasteiger partial charge in [0, 0.05) is 37.0 Å². The molecule has 2 aliphatic rings. The summed E-state index contributed by atoms with van der Waals surface area (Å²) in [4.78, 5) is 11.1. The van der Waals surface area contributed by atoms with Gasteiger partial charge < -0.3 is 9.32 Å². The van der Waals surface area contributed by atoms with Gasteiger partial charge in [-0.15, -0.1) is 10.2 Å². The van der Waals surface area contributed by atoms with Crippen molar-refractivity contribution in [3.05, 3.63) is 54.1 Å². The Balaban J connectivity index is 1.28. The van der Waals surface area contributed by atoms with Crippen molar-refractivity contribution in [3.63, 3.8) is 0 Å². The molecule has 7 heteroatoms. The Hall–Kier alpha value is -2.83. The molecule has 1 aliphatic heterocycles. The van der Waals surface area contributed by atoms with E-state index in [1.165, 1.54) is 12.1 Å². The number of benzene rings is 1. The quantitative estimate of drug-likeness (QED) is 0.704. The Kier molecular flexibility index (Phi) is 3.70. The zero-order valence-electron chi connectivity index (χ0n) is 15.1. The van der Waals surface area contributed by atoms with E-state index in [0.717, 1.165) is 43.9 Å². The highest BCUT2D eigenvalue weighted by Crippen LogP contribution is 2.64. The van der Waals surface area contributed by atoms with Gasteiger partial charge in [0.2, 0.25) is 11.8 Å². The van der Waals surface area contributed by atoms with Crippen molar-refractivity contribution < 1.29 is 8.81 Å². The van der Waals surface area contributed by atoms with Gasteiger partial charge in [0.15, 0.2) is 0 Å². The van der Waals surface area contributed by atoms with E-state index in [2.05, 4.69) is 25.1 Å². The predicted octanol–water partition coefficient (Wildman–Crippen LogP) is 3.75. The van der Waals surface area contributed by atoms with E-state index >= 15 is 0 Å². The van der Waals surface area contributed by atoms with Gasteiger partial charge in [-0.3, -0.25) is 4.98 Å². The maximum absolute atomic E-state index is 13.4. The van der Waals surface area contributed by atoms with E-state index in [4.69, 9.17) is 4.42 Å². The first kappa shape index (κ1) is 16.4. The first-order valence-electron chi connectivity index (χ1n) is 9.27. The number of aryl methyl sites for hydroxylation is 1. The van der Waals surface area contributed by atoms with Crippen molar-refractivity contribution in [1.29, 1.82) is 0 Å². The first-order chi connectivity index (χ1) is 13.1. The van der Waals surface area contributed by atoms with E-state index < -0.39 is 0 Å². The fraction of sp³-hybridized carbons (Fsp3) is 0.400. The van der Waals surface area contributed by atoms with Crippen LogP contribution in [-0.4, -0.2) is 33.3 Å². The lowest BCUT2D eigenvalue weighted by atomic mass is 9.90. The molecule has 0 bridgehead atoms. The molecule has 0 amide bonds. The number of piperidine rings is 1. The minimum Gasteiger partial charge on any atom is -0.420 e. The Morgan fingerprint density at radius 3 is 2.74 bits per heavy atom. The summed E-state index contributed by atoms with van der Waals surface area (Å²) >= 11 is 0. The first-order valence-corrected chi connectivity index (χ1v) is 9.27. The molecule has 1 aromatic carbocycles. The third-order valence-corrected chi connectivity index (χ3v) is 5.91. The minimum absolute atomic E-state index is 0.248.